The van der Waals surface area contributed by atoms with Crippen molar-refractivity contribution in [1.82, 2.24) is 0 Å². The lowest BCUT2D eigenvalue weighted by molar-refractivity contribution is 0.0698. The predicted octanol–water partition coefficient (Wildman–Crippen LogP) is 6.70. The monoisotopic (exact) mass is 449 g/mol. The third-order valence-corrected chi connectivity index (χ3v) is 7.20. The van der Waals surface area contributed by atoms with E-state index in [1.807, 2.05) is 18.2 Å². The molecular weight excluding hydrogens is 422 g/mol. The summed E-state index contributed by atoms with van der Waals surface area (Å²) in [5.74, 6) is -0.990. The van der Waals surface area contributed by atoms with E-state index < -0.39 is 5.97 Å². The molecular formula is C30H27NO3. The van der Waals surface area contributed by atoms with Gasteiger partial charge in [-0.3, -0.25) is 4.79 Å². The number of amides is 1. The van der Waals surface area contributed by atoms with Crippen molar-refractivity contribution in [3.63, 3.8) is 0 Å². The third-order valence-electron chi connectivity index (χ3n) is 7.20. The van der Waals surface area contributed by atoms with E-state index in [0.29, 0.717) is 11.5 Å². The number of hydrogen-bond acceptors (Lipinski definition) is 2. The van der Waals surface area contributed by atoms with Gasteiger partial charge in [-0.1, -0.05) is 80.1 Å². The fraction of sp³-hybridized carbons (Fsp3) is 0.200. The van der Waals surface area contributed by atoms with Crippen LogP contribution < -0.4 is 5.32 Å². The molecule has 0 radical (unpaired) electrons. The summed E-state index contributed by atoms with van der Waals surface area (Å²) >= 11 is 0. The van der Waals surface area contributed by atoms with Crippen LogP contribution in [0, 0.1) is 5.92 Å². The Morgan fingerprint density at radius 1 is 0.941 bits per heavy atom. The van der Waals surface area contributed by atoms with Gasteiger partial charge in [-0.2, -0.15) is 0 Å². The maximum absolute atomic E-state index is 13.2. The zero-order chi connectivity index (χ0) is 23.9. The molecule has 3 aromatic carbocycles. The molecule has 1 amide bonds. The number of fused-ring (bicyclic) bond motifs is 2. The second kappa shape index (κ2) is 8.45. The van der Waals surface area contributed by atoms with Crippen molar-refractivity contribution in [3.05, 3.63) is 118 Å². The van der Waals surface area contributed by atoms with Crippen molar-refractivity contribution in [2.24, 2.45) is 5.92 Å². The van der Waals surface area contributed by atoms with Crippen LogP contribution in [-0.2, 0) is 5.41 Å². The van der Waals surface area contributed by atoms with E-state index in [9.17, 15) is 14.7 Å². The van der Waals surface area contributed by atoms with Gasteiger partial charge < -0.3 is 10.4 Å². The minimum Gasteiger partial charge on any atom is -0.478 e. The number of para-hydroxylation sites is 1. The Kier molecular flexibility index (Phi) is 5.45. The average Bonchev–Trinajstić information content (AvgIpc) is 2.85. The van der Waals surface area contributed by atoms with E-state index in [2.05, 4.69) is 61.6 Å². The van der Waals surface area contributed by atoms with Crippen LogP contribution in [0.25, 0.3) is 5.57 Å². The molecule has 0 spiro atoms. The third kappa shape index (κ3) is 3.65. The molecule has 1 atom stereocenters. The first kappa shape index (κ1) is 21.9. The largest absolute Gasteiger partial charge is 0.478 e. The number of carboxylic acids is 1. The molecule has 34 heavy (non-hydrogen) atoms. The van der Waals surface area contributed by atoms with Gasteiger partial charge in [-0.25, -0.2) is 4.79 Å². The fourth-order valence-corrected chi connectivity index (χ4v) is 5.47. The van der Waals surface area contributed by atoms with Crippen molar-refractivity contribution in [1.29, 1.82) is 0 Å². The Balaban J connectivity index is 1.63. The van der Waals surface area contributed by atoms with E-state index in [1.165, 1.54) is 22.8 Å². The van der Waals surface area contributed by atoms with Crippen molar-refractivity contribution >= 4 is 23.1 Å². The molecule has 2 N–H and O–H groups in total. The quantitative estimate of drug-likeness (QED) is 0.436. The van der Waals surface area contributed by atoms with Crippen LogP contribution >= 0.6 is 0 Å². The lowest BCUT2D eigenvalue weighted by Gasteiger charge is -2.44. The minimum atomic E-state index is -1.07. The van der Waals surface area contributed by atoms with Gasteiger partial charge in [0.15, 0.2) is 0 Å². The molecule has 4 heteroatoms. The second-order valence-corrected chi connectivity index (χ2v) is 9.52. The predicted molar refractivity (Wildman–Crippen MR) is 135 cm³/mol. The van der Waals surface area contributed by atoms with Gasteiger partial charge in [-0.15, -0.1) is 0 Å². The number of benzene rings is 3. The van der Waals surface area contributed by atoms with E-state index in [4.69, 9.17) is 0 Å². The smallest absolute Gasteiger partial charge is 0.337 e. The van der Waals surface area contributed by atoms with E-state index in [1.54, 1.807) is 18.2 Å². The van der Waals surface area contributed by atoms with Gasteiger partial charge in [0.05, 0.1) is 11.3 Å². The molecule has 0 bridgehead atoms. The zero-order valence-corrected chi connectivity index (χ0v) is 19.3. The highest BCUT2D eigenvalue weighted by Gasteiger charge is 2.41. The molecule has 0 heterocycles. The van der Waals surface area contributed by atoms with Gasteiger partial charge in [-0.05, 0) is 70.7 Å². The topological polar surface area (TPSA) is 66.4 Å². The molecule has 0 aliphatic heterocycles. The van der Waals surface area contributed by atoms with Gasteiger partial charge in [0, 0.05) is 5.56 Å². The van der Waals surface area contributed by atoms with Crippen LogP contribution in [0.1, 0.15) is 64.1 Å². The number of anilines is 1. The fourth-order valence-electron chi connectivity index (χ4n) is 5.47. The minimum absolute atomic E-state index is 0.0684. The van der Waals surface area contributed by atoms with Crippen LogP contribution in [0.5, 0.6) is 0 Å². The zero-order valence-electron chi connectivity index (χ0n) is 19.3. The summed E-state index contributed by atoms with van der Waals surface area (Å²) in [6, 6.07) is 22.7. The van der Waals surface area contributed by atoms with Crippen LogP contribution in [0.15, 0.2) is 90.5 Å². The molecule has 5 rings (SSSR count). The number of aromatic carboxylic acids is 1. The SMILES string of the molecule is CC1(C)c2ccc(C(=O)Nc3ccccc3C(=O)O)cc2C(c2ccccc2)=C2CC=CCC21. The van der Waals surface area contributed by atoms with Gasteiger partial charge >= 0.3 is 5.97 Å². The number of carbonyl (C=O) groups excluding carboxylic acids is 1. The molecule has 0 saturated carbocycles. The number of hydrogen-bond donors (Lipinski definition) is 2. The van der Waals surface area contributed by atoms with Gasteiger partial charge in [0.2, 0.25) is 0 Å². The molecule has 170 valence electrons. The Morgan fingerprint density at radius 2 is 1.68 bits per heavy atom. The highest BCUT2D eigenvalue weighted by atomic mass is 16.4. The normalized spacial score (nSPS) is 18.1. The molecule has 2 aliphatic carbocycles. The van der Waals surface area contributed by atoms with E-state index >= 15 is 0 Å². The summed E-state index contributed by atoms with van der Waals surface area (Å²) in [6.45, 7) is 4.58. The van der Waals surface area contributed by atoms with Crippen molar-refractivity contribution in [2.75, 3.05) is 5.32 Å². The number of nitrogens with one attached hydrogen (secondary N) is 1. The summed E-state index contributed by atoms with van der Waals surface area (Å²) in [5, 5.41) is 12.3. The summed E-state index contributed by atoms with van der Waals surface area (Å²) < 4.78 is 0. The number of allylic oxidation sites excluding steroid dienone is 3. The highest BCUT2D eigenvalue weighted by Crippen LogP contribution is 2.52. The first-order chi connectivity index (χ1) is 16.4. The van der Waals surface area contributed by atoms with Crippen molar-refractivity contribution in [2.45, 2.75) is 32.1 Å². The molecule has 0 fully saturated rings. The molecule has 3 aromatic rings. The number of rotatable bonds is 4. The Labute approximate surface area is 199 Å². The first-order valence-corrected chi connectivity index (χ1v) is 11.6. The Bertz CT molecular complexity index is 1350. The maximum Gasteiger partial charge on any atom is 0.337 e. The standard InChI is InChI=1S/C30H27NO3/c1-30(2)24-14-8-6-12-21(24)27(19-10-4-3-5-11-19)23-18-20(16-17-25(23)30)28(32)31-26-15-9-7-13-22(26)29(33)34/h3-11,13,15-18,24H,12,14H2,1-2H3,(H,31,32)(H,33,34). The van der Waals surface area contributed by atoms with Crippen LogP contribution in [0.4, 0.5) is 5.69 Å². The lowest BCUT2D eigenvalue weighted by atomic mass is 9.59. The van der Waals surface area contributed by atoms with Gasteiger partial charge in [0.1, 0.15) is 0 Å². The Morgan fingerprint density at radius 3 is 2.44 bits per heavy atom. The number of carboxylic acid groups (broad SMARTS) is 1. The maximum atomic E-state index is 13.2. The summed E-state index contributed by atoms with van der Waals surface area (Å²) in [4.78, 5) is 24.8. The lowest BCUT2D eigenvalue weighted by Crippen LogP contribution is -2.36. The molecule has 0 saturated heterocycles. The summed E-state index contributed by atoms with van der Waals surface area (Å²) in [5.41, 5.74) is 6.89. The van der Waals surface area contributed by atoms with E-state index in [-0.39, 0.29) is 22.6 Å². The summed E-state index contributed by atoms with van der Waals surface area (Å²) in [7, 11) is 0. The van der Waals surface area contributed by atoms with Crippen molar-refractivity contribution in [3.8, 4) is 0 Å². The van der Waals surface area contributed by atoms with E-state index in [0.717, 1.165) is 24.0 Å². The first-order valence-electron chi connectivity index (χ1n) is 11.6. The van der Waals surface area contributed by atoms with Gasteiger partial charge in [0.25, 0.3) is 5.91 Å². The summed E-state index contributed by atoms with van der Waals surface area (Å²) in [6.07, 6.45) is 6.44. The second-order valence-electron chi connectivity index (χ2n) is 9.52. The van der Waals surface area contributed by atoms with Crippen LogP contribution in [0.3, 0.4) is 0 Å². The van der Waals surface area contributed by atoms with Crippen molar-refractivity contribution < 1.29 is 14.7 Å². The molecule has 0 aromatic heterocycles. The van der Waals surface area contributed by atoms with Crippen LogP contribution in [0.2, 0.25) is 0 Å². The average molecular weight is 450 g/mol. The highest BCUT2D eigenvalue weighted by molar-refractivity contribution is 6.08. The molecule has 1 unspecified atom stereocenters. The van der Waals surface area contributed by atoms with Crippen LogP contribution in [-0.4, -0.2) is 17.0 Å². The number of carbonyl (C=O) groups is 2. The molecule has 2 aliphatic rings. The molecule has 4 nitrogen and oxygen atoms in total. The Hall–Kier alpha value is -3.92.